The molecular formula is C16H25N. The topological polar surface area (TPSA) is 12.4 Å². The summed E-state index contributed by atoms with van der Waals surface area (Å²) in [4.78, 5) is 4.45. The molecule has 0 amide bonds. The molecule has 17 heavy (non-hydrogen) atoms. The van der Waals surface area contributed by atoms with Crippen molar-refractivity contribution < 1.29 is 0 Å². The lowest BCUT2D eigenvalue weighted by molar-refractivity contribution is 0.699. The summed E-state index contributed by atoms with van der Waals surface area (Å²) >= 11 is 0. The Labute approximate surface area is 106 Å². The summed E-state index contributed by atoms with van der Waals surface area (Å²) in [5, 5.41) is 0. The summed E-state index contributed by atoms with van der Waals surface area (Å²) in [6, 6.07) is 8.18. The smallest absolute Gasteiger partial charge is 0.0698 e. The molecule has 0 aromatic heterocycles. The van der Waals surface area contributed by atoms with E-state index in [9.17, 15) is 0 Å². The fourth-order valence-corrected chi connectivity index (χ4v) is 1.33. The van der Waals surface area contributed by atoms with Crippen LogP contribution < -0.4 is 0 Å². The van der Waals surface area contributed by atoms with Gasteiger partial charge < -0.3 is 0 Å². The molecule has 0 radical (unpaired) electrons. The van der Waals surface area contributed by atoms with Crippen molar-refractivity contribution >= 4 is 18.0 Å². The van der Waals surface area contributed by atoms with Crippen molar-refractivity contribution in [2.24, 2.45) is 10.4 Å². The van der Waals surface area contributed by atoms with Crippen molar-refractivity contribution in [3.05, 3.63) is 35.9 Å². The average Bonchev–Trinajstić information content (AvgIpc) is 2.54. The molecule has 1 aliphatic rings. The van der Waals surface area contributed by atoms with Gasteiger partial charge in [0.25, 0.3) is 0 Å². The third-order valence-corrected chi connectivity index (χ3v) is 2.17. The van der Waals surface area contributed by atoms with E-state index in [0.717, 1.165) is 5.69 Å². The first-order chi connectivity index (χ1) is 8.17. The highest BCUT2D eigenvalue weighted by Gasteiger charge is 2.12. The molecule has 1 aromatic rings. The van der Waals surface area contributed by atoms with Gasteiger partial charge in [0.2, 0.25) is 0 Å². The van der Waals surface area contributed by atoms with E-state index in [1.165, 1.54) is 5.56 Å². The fourth-order valence-electron chi connectivity index (χ4n) is 1.33. The van der Waals surface area contributed by atoms with E-state index < -0.39 is 0 Å². The summed E-state index contributed by atoms with van der Waals surface area (Å²) in [6.07, 6.45) is 6.32. The summed E-state index contributed by atoms with van der Waals surface area (Å²) in [7, 11) is 0. The van der Waals surface area contributed by atoms with Crippen molar-refractivity contribution in [1.29, 1.82) is 0 Å². The Bertz CT molecular complexity index is 338. The summed E-state index contributed by atoms with van der Waals surface area (Å²) in [5.74, 6) is 0. The van der Waals surface area contributed by atoms with Gasteiger partial charge in [-0.15, -0.1) is 0 Å². The highest BCUT2D eigenvalue weighted by Crippen LogP contribution is 2.27. The number of allylic oxidation sites excluding steroid dienone is 1. The van der Waals surface area contributed by atoms with Crippen molar-refractivity contribution in [2.45, 2.75) is 41.5 Å². The molecule has 1 nitrogen and oxygen atoms in total. The summed E-state index contributed by atoms with van der Waals surface area (Å²) in [5.41, 5.74) is 2.33. The quantitative estimate of drug-likeness (QED) is 0.559. The molecule has 0 spiro atoms. The molecule has 0 saturated carbocycles. The number of rotatable bonds is 0. The normalized spacial score (nSPS) is 14.5. The molecule has 0 saturated heterocycles. The first kappa shape index (κ1) is 15.6. The maximum absolute atomic E-state index is 4.45. The molecule has 2 rings (SSSR count). The monoisotopic (exact) mass is 231 g/mol. The lowest BCUT2D eigenvalue weighted by Gasteiger charge is -2.10. The van der Waals surface area contributed by atoms with E-state index in [1.807, 2.05) is 52.1 Å². The second-order valence-corrected chi connectivity index (χ2v) is 3.97. The van der Waals surface area contributed by atoms with E-state index in [0.29, 0.717) is 0 Å². The van der Waals surface area contributed by atoms with Crippen LogP contribution in [0.25, 0.3) is 6.08 Å². The Kier molecular flexibility index (Phi) is 7.20. The van der Waals surface area contributed by atoms with Gasteiger partial charge in [0, 0.05) is 11.6 Å². The zero-order valence-corrected chi connectivity index (χ0v) is 12.0. The fraction of sp³-hybridized carbons (Fsp3) is 0.438. The molecule has 0 fully saturated rings. The van der Waals surface area contributed by atoms with Gasteiger partial charge in [0.05, 0.1) is 5.69 Å². The van der Waals surface area contributed by atoms with E-state index in [1.54, 1.807) is 0 Å². The molecule has 0 N–H and O–H groups in total. The lowest BCUT2D eigenvalue weighted by atomic mass is 9.95. The first-order valence-electron chi connectivity index (χ1n) is 6.51. The summed E-state index contributed by atoms with van der Waals surface area (Å²) < 4.78 is 0. The van der Waals surface area contributed by atoms with Crippen molar-refractivity contribution in [1.82, 2.24) is 0 Å². The van der Waals surface area contributed by atoms with Crippen LogP contribution in [0.4, 0.5) is 5.69 Å². The molecule has 1 aliphatic heterocycles. The van der Waals surface area contributed by atoms with Gasteiger partial charge in [-0.25, -0.2) is 0 Å². The average molecular weight is 231 g/mol. The van der Waals surface area contributed by atoms with Gasteiger partial charge in [-0.2, -0.15) is 0 Å². The number of para-hydroxylation sites is 1. The SMILES string of the molecule is CC.CC.CC1(C)C=Cc2ccccc2N=C1. The lowest BCUT2D eigenvalue weighted by Crippen LogP contribution is -2.07. The van der Waals surface area contributed by atoms with Crippen LogP contribution in [0.5, 0.6) is 0 Å². The number of aliphatic imine (C=N–C) groups is 1. The number of nitrogens with zero attached hydrogens (tertiary/aromatic N) is 1. The van der Waals surface area contributed by atoms with Crippen LogP contribution in [0.15, 0.2) is 35.3 Å². The maximum atomic E-state index is 4.45. The van der Waals surface area contributed by atoms with Crippen LogP contribution in [0.2, 0.25) is 0 Å². The predicted octanol–water partition coefficient (Wildman–Crippen LogP) is 5.49. The summed E-state index contributed by atoms with van der Waals surface area (Å²) in [6.45, 7) is 12.3. The Morgan fingerprint density at radius 1 is 0.941 bits per heavy atom. The number of hydrogen-bond donors (Lipinski definition) is 0. The third kappa shape index (κ3) is 4.99. The van der Waals surface area contributed by atoms with Gasteiger partial charge in [-0.3, -0.25) is 4.99 Å². The highest BCUT2D eigenvalue weighted by atomic mass is 14.7. The van der Waals surface area contributed by atoms with Crippen molar-refractivity contribution in [3.8, 4) is 0 Å². The minimum absolute atomic E-state index is 0.0685. The van der Waals surface area contributed by atoms with Crippen LogP contribution in [-0.4, -0.2) is 6.21 Å². The molecule has 0 bridgehead atoms. The molecule has 1 heteroatoms. The Balaban J connectivity index is 0.000000581. The Morgan fingerprint density at radius 2 is 1.53 bits per heavy atom. The number of benzene rings is 1. The minimum atomic E-state index is 0.0685. The van der Waals surface area contributed by atoms with Crippen LogP contribution in [0.3, 0.4) is 0 Å². The van der Waals surface area contributed by atoms with E-state index in [-0.39, 0.29) is 5.41 Å². The molecule has 0 aliphatic carbocycles. The standard InChI is InChI=1S/C12H13N.2C2H6/c1-12(2)8-7-10-5-3-4-6-11(10)13-9-12;2*1-2/h3-9H,1-2H3;2*1-2H3. The molecule has 1 aromatic carbocycles. The highest BCUT2D eigenvalue weighted by molar-refractivity contribution is 5.79. The second kappa shape index (κ2) is 7.83. The molecule has 94 valence electrons. The third-order valence-electron chi connectivity index (χ3n) is 2.17. The van der Waals surface area contributed by atoms with Gasteiger partial charge in [-0.1, -0.05) is 71.9 Å². The zero-order chi connectivity index (χ0) is 13.3. The Morgan fingerprint density at radius 3 is 2.18 bits per heavy atom. The van der Waals surface area contributed by atoms with Crippen LogP contribution in [0, 0.1) is 5.41 Å². The van der Waals surface area contributed by atoms with Crippen molar-refractivity contribution in [2.75, 3.05) is 0 Å². The van der Waals surface area contributed by atoms with Gasteiger partial charge in [0.1, 0.15) is 0 Å². The molecule has 1 heterocycles. The first-order valence-corrected chi connectivity index (χ1v) is 6.51. The van der Waals surface area contributed by atoms with Crippen LogP contribution >= 0.6 is 0 Å². The molecule has 0 atom stereocenters. The van der Waals surface area contributed by atoms with E-state index in [4.69, 9.17) is 0 Å². The Hall–Kier alpha value is -1.37. The zero-order valence-electron chi connectivity index (χ0n) is 12.0. The maximum Gasteiger partial charge on any atom is 0.0698 e. The predicted molar refractivity (Wildman–Crippen MR) is 80.1 cm³/mol. The van der Waals surface area contributed by atoms with Gasteiger partial charge >= 0.3 is 0 Å². The van der Waals surface area contributed by atoms with E-state index in [2.05, 4.69) is 37.1 Å². The minimum Gasteiger partial charge on any atom is -0.260 e. The van der Waals surface area contributed by atoms with Crippen LogP contribution in [-0.2, 0) is 0 Å². The van der Waals surface area contributed by atoms with Gasteiger partial charge in [0.15, 0.2) is 0 Å². The number of fused-ring (bicyclic) bond motifs is 1. The van der Waals surface area contributed by atoms with Crippen molar-refractivity contribution in [3.63, 3.8) is 0 Å². The molecule has 0 unspecified atom stereocenters. The second-order valence-electron chi connectivity index (χ2n) is 3.97. The van der Waals surface area contributed by atoms with Crippen LogP contribution in [0.1, 0.15) is 47.1 Å². The van der Waals surface area contributed by atoms with Gasteiger partial charge in [-0.05, 0) is 11.6 Å². The van der Waals surface area contributed by atoms with E-state index >= 15 is 0 Å². The number of hydrogen-bond acceptors (Lipinski definition) is 1. The largest absolute Gasteiger partial charge is 0.260 e. The molecular weight excluding hydrogens is 206 g/mol.